The second kappa shape index (κ2) is 11.6. The van der Waals surface area contributed by atoms with Gasteiger partial charge in [-0.3, -0.25) is 4.79 Å². The number of amides is 3. The summed E-state index contributed by atoms with van der Waals surface area (Å²) in [6, 6.07) is 15.3. The smallest absolute Gasteiger partial charge is 0.322 e. The number of carbonyl (C=O) groups is 2. The molecule has 3 rings (SSSR count). The van der Waals surface area contributed by atoms with Crippen molar-refractivity contribution < 1.29 is 14.3 Å². The van der Waals surface area contributed by atoms with E-state index in [2.05, 4.69) is 31.3 Å². The van der Waals surface area contributed by atoms with Gasteiger partial charge in [-0.2, -0.15) is 0 Å². The summed E-state index contributed by atoms with van der Waals surface area (Å²) in [6.07, 6.45) is 5.00. The molecule has 0 spiro atoms. The molecule has 6 nitrogen and oxygen atoms in total. The van der Waals surface area contributed by atoms with Crippen LogP contribution in [0.4, 0.5) is 10.5 Å². The zero-order valence-corrected chi connectivity index (χ0v) is 19.5. The second-order valence-corrected chi connectivity index (χ2v) is 8.32. The molecule has 3 amide bonds. The van der Waals surface area contributed by atoms with E-state index in [1.54, 1.807) is 24.1 Å². The third-order valence-corrected chi connectivity index (χ3v) is 6.16. The number of benzene rings is 2. The highest BCUT2D eigenvalue weighted by molar-refractivity contribution is 5.93. The number of anilines is 1. The monoisotopic (exact) mass is 437 g/mol. The normalized spacial score (nSPS) is 15.1. The molecular formula is C26H35N3O3. The molecular weight excluding hydrogens is 402 g/mol. The highest BCUT2D eigenvalue weighted by Gasteiger charge is 2.29. The lowest BCUT2D eigenvalue weighted by Gasteiger charge is -2.36. The first-order chi connectivity index (χ1) is 15.5. The summed E-state index contributed by atoms with van der Waals surface area (Å²) in [7, 11) is 1.58. The minimum atomic E-state index is -0.274. The van der Waals surface area contributed by atoms with Crippen LogP contribution in [0, 0.1) is 0 Å². The van der Waals surface area contributed by atoms with E-state index in [1.165, 1.54) is 11.1 Å². The van der Waals surface area contributed by atoms with Crippen molar-refractivity contribution in [1.82, 2.24) is 9.80 Å². The summed E-state index contributed by atoms with van der Waals surface area (Å²) >= 11 is 0. The Morgan fingerprint density at radius 1 is 1.09 bits per heavy atom. The third-order valence-electron chi connectivity index (χ3n) is 6.16. The lowest BCUT2D eigenvalue weighted by Crippen LogP contribution is -2.47. The molecule has 1 N–H and O–H groups in total. The van der Waals surface area contributed by atoms with E-state index in [0.717, 1.165) is 32.1 Å². The van der Waals surface area contributed by atoms with Crippen LogP contribution in [0.25, 0.3) is 0 Å². The number of methoxy groups -OCH3 is 1. The van der Waals surface area contributed by atoms with Crippen molar-refractivity contribution in [1.29, 1.82) is 0 Å². The van der Waals surface area contributed by atoms with Crippen molar-refractivity contribution in [2.75, 3.05) is 32.1 Å². The average molecular weight is 438 g/mol. The number of para-hydroxylation sites is 2. The molecule has 0 fully saturated rings. The van der Waals surface area contributed by atoms with Gasteiger partial charge in [0, 0.05) is 13.1 Å². The topological polar surface area (TPSA) is 61.9 Å². The molecule has 0 radical (unpaired) electrons. The molecule has 172 valence electrons. The highest BCUT2D eigenvalue weighted by atomic mass is 16.5. The molecule has 2 aromatic carbocycles. The fourth-order valence-electron chi connectivity index (χ4n) is 4.29. The Morgan fingerprint density at radius 3 is 2.62 bits per heavy atom. The van der Waals surface area contributed by atoms with Crippen LogP contribution in [-0.4, -0.2) is 48.5 Å². The number of hydrogen-bond donors (Lipinski definition) is 1. The number of carbonyl (C=O) groups excluding carboxylic acids is 2. The Kier molecular flexibility index (Phi) is 8.54. The first-order valence-electron chi connectivity index (χ1n) is 11.6. The second-order valence-electron chi connectivity index (χ2n) is 8.32. The van der Waals surface area contributed by atoms with Gasteiger partial charge < -0.3 is 19.9 Å². The number of nitrogens with one attached hydrogen (secondary N) is 1. The Balaban J connectivity index is 1.70. The van der Waals surface area contributed by atoms with Crippen LogP contribution in [0.3, 0.4) is 0 Å². The van der Waals surface area contributed by atoms with Crippen LogP contribution in [0.1, 0.15) is 56.7 Å². The largest absolute Gasteiger partial charge is 0.495 e. The predicted octanol–water partition coefficient (Wildman–Crippen LogP) is 5.26. The fraction of sp³-hybridized carbons (Fsp3) is 0.462. The molecule has 6 heteroatoms. The summed E-state index contributed by atoms with van der Waals surface area (Å²) in [6.45, 7) is 5.52. The lowest BCUT2D eigenvalue weighted by atomic mass is 9.93. The molecule has 0 aliphatic carbocycles. The van der Waals surface area contributed by atoms with Gasteiger partial charge in [-0.15, -0.1) is 0 Å². The summed E-state index contributed by atoms with van der Waals surface area (Å²) in [5, 5.41) is 2.93. The van der Waals surface area contributed by atoms with Crippen molar-refractivity contribution in [2.24, 2.45) is 0 Å². The van der Waals surface area contributed by atoms with Gasteiger partial charge >= 0.3 is 6.03 Å². The minimum absolute atomic E-state index is 0.00618. The number of rotatable bonds is 9. The number of ether oxygens (including phenoxy) is 1. The average Bonchev–Trinajstić information content (AvgIpc) is 2.81. The van der Waals surface area contributed by atoms with Crippen molar-refractivity contribution in [3.8, 4) is 5.75 Å². The molecule has 1 heterocycles. The maximum atomic E-state index is 13.3. The first kappa shape index (κ1) is 23.6. The number of unbranched alkanes of at least 4 members (excludes halogenated alkanes) is 3. The number of fused-ring (bicyclic) bond motifs is 1. The Bertz CT molecular complexity index is 915. The van der Waals surface area contributed by atoms with E-state index < -0.39 is 0 Å². The SMILES string of the molecule is CCCCCCN(CC(=O)N1CCc2ccccc2C1C)C(=O)Nc1ccccc1OC. The molecule has 1 atom stereocenters. The molecule has 0 bridgehead atoms. The van der Waals surface area contributed by atoms with Gasteiger partial charge in [0.25, 0.3) is 0 Å². The van der Waals surface area contributed by atoms with Gasteiger partial charge in [-0.05, 0) is 43.0 Å². The Hall–Kier alpha value is -3.02. The van der Waals surface area contributed by atoms with Crippen molar-refractivity contribution in [3.05, 3.63) is 59.7 Å². The molecule has 0 saturated heterocycles. The molecule has 2 aromatic rings. The molecule has 32 heavy (non-hydrogen) atoms. The molecule has 1 unspecified atom stereocenters. The van der Waals surface area contributed by atoms with E-state index in [1.807, 2.05) is 29.2 Å². The van der Waals surface area contributed by atoms with Crippen LogP contribution in [0.2, 0.25) is 0 Å². The quantitative estimate of drug-likeness (QED) is 0.545. The fourth-order valence-corrected chi connectivity index (χ4v) is 4.29. The number of urea groups is 1. The summed E-state index contributed by atoms with van der Waals surface area (Å²) in [4.78, 5) is 29.9. The Labute approximate surface area is 191 Å². The standard InChI is InChI=1S/C26H35N3O3/c1-4-5-6-11-17-28(26(31)27-23-14-9-10-15-24(23)32-3)19-25(30)29-18-16-21-12-7-8-13-22(21)20(29)2/h7-10,12-15,20H,4-6,11,16-19H2,1-3H3,(H,27,31). The summed E-state index contributed by atoms with van der Waals surface area (Å²) in [5.41, 5.74) is 3.10. The zero-order chi connectivity index (χ0) is 22.9. The van der Waals surface area contributed by atoms with Gasteiger partial charge in [0.1, 0.15) is 12.3 Å². The van der Waals surface area contributed by atoms with E-state index >= 15 is 0 Å². The van der Waals surface area contributed by atoms with E-state index in [4.69, 9.17) is 4.74 Å². The Morgan fingerprint density at radius 2 is 1.84 bits per heavy atom. The molecule has 0 aromatic heterocycles. The van der Waals surface area contributed by atoms with Crippen molar-refractivity contribution in [3.63, 3.8) is 0 Å². The van der Waals surface area contributed by atoms with Crippen molar-refractivity contribution in [2.45, 2.75) is 52.0 Å². The maximum Gasteiger partial charge on any atom is 0.322 e. The summed E-state index contributed by atoms with van der Waals surface area (Å²) in [5.74, 6) is 0.581. The van der Waals surface area contributed by atoms with Gasteiger partial charge in [0.15, 0.2) is 0 Å². The number of hydrogen-bond acceptors (Lipinski definition) is 3. The van der Waals surface area contributed by atoms with Crippen LogP contribution in [-0.2, 0) is 11.2 Å². The van der Waals surface area contributed by atoms with E-state index in [9.17, 15) is 9.59 Å². The summed E-state index contributed by atoms with van der Waals surface area (Å²) < 4.78 is 5.35. The van der Waals surface area contributed by atoms with E-state index in [-0.39, 0.29) is 24.5 Å². The van der Waals surface area contributed by atoms with Crippen LogP contribution in [0.5, 0.6) is 5.75 Å². The molecule has 1 aliphatic heterocycles. The predicted molar refractivity (Wildman–Crippen MR) is 128 cm³/mol. The maximum absolute atomic E-state index is 13.3. The van der Waals surface area contributed by atoms with Gasteiger partial charge in [-0.25, -0.2) is 4.79 Å². The van der Waals surface area contributed by atoms with Crippen LogP contribution in [0.15, 0.2) is 48.5 Å². The third kappa shape index (κ3) is 5.81. The van der Waals surface area contributed by atoms with Crippen LogP contribution < -0.4 is 10.1 Å². The lowest BCUT2D eigenvalue weighted by molar-refractivity contribution is -0.134. The zero-order valence-electron chi connectivity index (χ0n) is 19.5. The first-order valence-corrected chi connectivity index (χ1v) is 11.6. The molecule has 1 aliphatic rings. The minimum Gasteiger partial charge on any atom is -0.495 e. The van der Waals surface area contributed by atoms with Gasteiger partial charge in [0.2, 0.25) is 5.91 Å². The van der Waals surface area contributed by atoms with Crippen LogP contribution >= 0.6 is 0 Å². The molecule has 0 saturated carbocycles. The highest BCUT2D eigenvalue weighted by Crippen LogP contribution is 2.29. The van der Waals surface area contributed by atoms with Gasteiger partial charge in [0.05, 0.1) is 18.8 Å². The van der Waals surface area contributed by atoms with Crippen molar-refractivity contribution >= 4 is 17.6 Å². The van der Waals surface area contributed by atoms with Gasteiger partial charge in [-0.1, -0.05) is 62.6 Å². The van der Waals surface area contributed by atoms with E-state index in [0.29, 0.717) is 24.5 Å². The number of nitrogens with zero attached hydrogens (tertiary/aromatic N) is 2.